The lowest BCUT2D eigenvalue weighted by atomic mass is 9.88. The maximum atomic E-state index is 11.6. The van der Waals surface area contributed by atoms with Crippen molar-refractivity contribution in [1.29, 1.82) is 0 Å². The standard InChI is InChI=1S/C14H21N3O/c1-10(14(3,4)5)9-15-13(18)17-12-8-6-7-11(2)16-12/h6-9H,1-5H3,(H2,15,16,17,18)/b10-9+. The first-order chi connectivity index (χ1) is 8.29. The van der Waals surface area contributed by atoms with Gasteiger partial charge in [-0.25, -0.2) is 9.78 Å². The van der Waals surface area contributed by atoms with Crippen molar-refractivity contribution >= 4 is 11.8 Å². The number of carbonyl (C=O) groups excluding carboxylic acids is 1. The number of rotatable bonds is 2. The van der Waals surface area contributed by atoms with Gasteiger partial charge in [-0.05, 0) is 31.4 Å². The zero-order chi connectivity index (χ0) is 13.8. The summed E-state index contributed by atoms with van der Waals surface area (Å²) in [7, 11) is 0. The molecule has 0 fully saturated rings. The molecule has 0 aromatic carbocycles. The Morgan fingerprint density at radius 2 is 2.00 bits per heavy atom. The highest BCUT2D eigenvalue weighted by molar-refractivity contribution is 5.88. The van der Waals surface area contributed by atoms with E-state index in [1.165, 1.54) is 0 Å². The van der Waals surface area contributed by atoms with Gasteiger partial charge in [0.25, 0.3) is 0 Å². The van der Waals surface area contributed by atoms with Crippen LogP contribution in [0.2, 0.25) is 0 Å². The lowest BCUT2D eigenvalue weighted by Crippen LogP contribution is -2.25. The van der Waals surface area contributed by atoms with E-state index in [-0.39, 0.29) is 11.4 Å². The zero-order valence-electron chi connectivity index (χ0n) is 11.7. The summed E-state index contributed by atoms with van der Waals surface area (Å²) in [5.74, 6) is 0.550. The minimum atomic E-state index is -0.281. The molecule has 0 aliphatic heterocycles. The Morgan fingerprint density at radius 3 is 2.56 bits per heavy atom. The molecule has 0 radical (unpaired) electrons. The number of urea groups is 1. The summed E-state index contributed by atoms with van der Waals surface area (Å²) in [6.45, 7) is 10.2. The van der Waals surface area contributed by atoms with Gasteiger partial charge in [-0.1, -0.05) is 32.4 Å². The molecule has 0 atom stereocenters. The molecule has 1 aromatic rings. The lowest BCUT2D eigenvalue weighted by Gasteiger charge is -2.19. The number of hydrogen-bond donors (Lipinski definition) is 2. The van der Waals surface area contributed by atoms with Crippen LogP contribution in [-0.4, -0.2) is 11.0 Å². The Bertz CT molecular complexity index is 458. The molecule has 2 N–H and O–H groups in total. The van der Waals surface area contributed by atoms with Crippen molar-refractivity contribution in [2.45, 2.75) is 34.6 Å². The summed E-state index contributed by atoms with van der Waals surface area (Å²) in [4.78, 5) is 15.8. The van der Waals surface area contributed by atoms with Crippen LogP contribution in [0.25, 0.3) is 0 Å². The van der Waals surface area contributed by atoms with E-state index in [9.17, 15) is 4.79 Å². The molecule has 0 saturated carbocycles. The fraction of sp³-hybridized carbons (Fsp3) is 0.429. The van der Waals surface area contributed by atoms with Crippen molar-refractivity contribution in [2.75, 3.05) is 5.32 Å². The molecule has 0 aliphatic carbocycles. The van der Waals surface area contributed by atoms with E-state index in [4.69, 9.17) is 0 Å². The number of pyridine rings is 1. The summed E-state index contributed by atoms with van der Waals surface area (Å²) < 4.78 is 0. The van der Waals surface area contributed by atoms with E-state index < -0.39 is 0 Å². The number of aryl methyl sites for hydroxylation is 1. The molecule has 18 heavy (non-hydrogen) atoms. The maximum Gasteiger partial charge on any atom is 0.324 e. The molecule has 1 rings (SSSR count). The third-order valence-corrected chi connectivity index (χ3v) is 2.73. The molecule has 4 heteroatoms. The predicted molar refractivity (Wildman–Crippen MR) is 74.3 cm³/mol. The zero-order valence-corrected chi connectivity index (χ0v) is 11.7. The Balaban J connectivity index is 2.58. The monoisotopic (exact) mass is 247 g/mol. The predicted octanol–water partition coefficient (Wildman–Crippen LogP) is 3.46. The van der Waals surface area contributed by atoms with Crippen molar-refractivity contribution in [3.8, 4) is 0 Å². The molecule has 2 amide bonds. The second kappa shape index (κ2) is 5.67. The van der Waals surface area contributed by atoms with Crippen molar-refractivity contribution in [2.24, 2.45) is 5.41 Å². The van der Waals surface area contributed by atoms with Crippen molar-refractivity contribution in [3.05, 3.63) is 35.7 Å². The Hall–Kier alpha value is -1.84. The highest BCUT2D eigenvalue weighted by Crippen LogP contribution is 2.23. The average Bonchev–Trinajstić information content (AvgIpc) is 2.24. The average molecular weight is 247 g/mol. The van der Waals surface area contributed by atoms with Gasteiger partial charge in [0, 0.05) is 11.9 Å². The van der Waals surface area contributed by atoms with Gasteiger partial charge in [-0.2, -0.15) is 0 Å². The van der Waals surface area contributed by atoms with Crippen LogP contribution in [0.3, 0.4) is 0 Å². The number of nitrogens with one attached hydrogen (secondary N) is 2. The van der Waals surface area contributed by atoms with E-state index in [2.05, 4.69) is 36.4 Å². The van der Waals surface area contributed by atoms with Gasteiger partial charge in [0.2, 0.25) is 0 Å². The Kier molecular flexibility index (Phi) is 4.48. The quantitative estimate of drug-likeness (QED) is 0.840. The van der Waals surface area contributed by atoms with Crippen LogP contribution < -0.4 is 10.6 Å². The van der Waals surface area contributed by atoms with Crippen molar-refractivity contribution in [3.63, 3.8) is 0 Å². The summed E-state index contributed by atoms with van der Waals surface area (Å²) in [5.41, 5.74) is 2.03. The second-order valence-corrected chi connectivity index (χ2v) is 5.34. The first-order valence-electron chi connectivity index (χ1n) is 5.97. The minimum Gasteiger partial charge on any atom is -0.314 e. The van der Waals surface area contributed by atoms with Crippen LogP contribution in [-0.2, 0) is 0 Å². The second-order valence-electron chi connectivity index (χ2n) is 5.34. The summed E-state index contributed by atoms with van der Waals surface area (Å²) >= 11 is 0. The molecule has 0 saturated heterocycles. The number of anilines is 1. The van der Waals surface area contributed by atoms with Crippen LogP contribution in [0.5, 0.6) is 0 Å². The van der Waals surface area contributed by atoms with E-state index in [1.54, 1.807) is 12.3 Å². The lowest BCUT2D eigenvalue weighted by molar-refractivity contribution is 0.255. The number of aromatic nitrogens is 1. The number of nitrogens with zero attached hydrogens (tertiary/aromatic N) is 1. The molecular weight excluding hydrogens is 226 g/mol. The summed E-state index contributed by atoms with van der Waals surface area (Å²) in [6.07, 6.45) is 1.73. The third kappa shape index (κ3) is 4.57. The van der Waals surface area contributed by atoms with Gasteiger partial charge >= 0.3 is 6.03 Å². The minimum absolute atomic E-state index is 0.0505. The fourth-order valence-electron chi connectivity index (χ4n) is 1.16. The molecule has 0 spiro atoms. The van der Waals surface area contributed by atoms with Crippen LogP contribution in [0.15, 0.2) is 30.0 Å². The maximum absolute atomic E-state index is 11.6. The first-order valence-corrected chi connectivity index (χ1v) is 5.97. The van der Waals surface area contributed by atoms with Crippen molar-refractivity contribution in [1.82, 2.24) is 10.3 Å². The van der Waals surface area contributed by atoms with Gasteiger partial charge in [0.15, 0.2) is 0 Å². The normalized spacial score (nSPS) is 12.2. The Morgan fingerprint density at radius 1 is 1.33 bits per heavy atom. The van der Waals surface area contributed by atoms with Gasteiger partial charge in [0.1, 0.15) is 5.82 Å². The van der Waals surface area contributed by atoms with Gasteiger partial charge in [0.05, 0.1) is 0 Å². The largest absolute Gasteiger partial charge is 0.324 e. The topological polar surface area (TPSA) is 54.0 Å². The molecule has 4 nitrogen and oxygen atoms in total. The summed E-state index contributed by atoms with van der Waals surface area (Å²) in [5, 5.41) is 5.39. The summed E-state index contributed by atoms with van der Waals surface area (Å²) in [6, 6.07) is 5.21. The smallest absolute Gasteiger partial charge is 0.314 e. The van der Waals surface area contributed by atoms with Gasteiger partial charge in [-0.15, -0.1) is 0 Å². The molecule has 1 heterocycles. The molecule has 1 aromatic heterocycles. The molecule has 0 bridgehead atoms. The third-order valence-electron chi connectivity index (χ3n) is 2.73. The number of amides is 2. The SMILES string of the molecule is C/C(=C\NC(=O)Nc1cccc(C)n1)C(C)(C)C. The van der Waals surface area contributed by atoms with Gasteiger partial charge in [-0.3, -0.25) is 5.32 Å². The highest BCUT2D eigenvalue weighted by atomic mass is 16.2. The Labute approximate surface area is 109 Å². The van der Waals surface area contributed by atoms with Crippen molar-refractivity contribution < 1.29 is 4.79 Å². The number of allylic oxidation sites excluding steroid dienone is 1. The van der Waals surface area contributed by atoms with E-state index >= 15 is 0 Å². The van der Waals surface area contributed by atoms with E-state index in [1.807, 2.05) is 26.0 Å². The molecule has 0 unspecified atom stereocenters. The highest BCUT2D eigenvalue weighted by Gasteiger charge is 2.12. The van der Waals surface area contributed by atoms with Gasteiger partial charge < -0.3 is 5.32 Å². The van der Waals surface area contributed by atoms with Crippen LogP contribution in [0, 0.1) is 12.3 Å². The molecular formula is C14H21N3O. The van der Waals surface area contributed by atoms with E-state index in [0.29, 0.717) is 5.82 Å². The molecule has 98 valence electrons. The molecule has 0 aliphatic rings. The van der Waals surface area contributed by atoms with E-state index in [0.717, 1.165) is 11.3 Å². The van der Waals surface area contributed by atoms with Crippen LogP contribution in [0.4, 0.5) is 10.6 Å². The first kappa shape index (κ1) is 14.2. The number of carbonyl (C=O) groups is 1. The number of hydrogen-bond acceptors (Lipinski definition) is 2. The van der Waals surface area contributed by atoms with Crippen LogP contribution >= 0.6 is 0 Å². The fourth-order valence-corrected chi connectivity index (χ4v) is 1.16. The van der Waals surface area contributed by atoms with Crippen LogP contribution in [0.1, 0.15) is 33.4 Å².